The molecule has 1 N–H and O–H groups in total. The molecule has 1 aliphatic heterocycles. The Balaban J connectivity index is 1.78. The molecular weight excluding hydrogens is 348 g/mol. The molecule has 0 aliphatic carbocycles. The number of ether oxygens (including phenoxy) is 1. The predicted octanol–water partition coefficient (Wildman–Crippen LogP) is 3.64. The minimum atomic E-state index is 0.0137. The molecule has 0 radical (unpaired) electrons. The highest BCUT2D eigenvalue weighted by atomic mass is 32.1. The molecule has 0 amide bonds. The van der Waals surface area contributed by atoms with Crippen LogP contribution in [-0.4, -0.2) is 44.8 Å². The molecule has 1 aromatic carbocycles. The van der Waals surface area contributed by atoms with Crippen molar-refractivity contribution in [3.05, 3.63) is 40.5 Å². The smallest absolute Gasteiger partial charge is 0.230 e. The molecule has 7 heteroatoms. The lowest BCUT2D eigenvalue weighted by Crippen LogP contribution is -2.34. The van der Waals surface area contributed by atoms with Gasteiger partial charge in [0, 0.05) is 6.42 Å². The van der Waals surface area contributed by atoms with Crippen molar-refractivity contribution in [3.63, 3.8) is 0 Å². The van der Waals surface area contributed by atoms with Crippen LogP contribution in [0.3, 0.4) is 0 Å². The van der Waals surface area contributed by atoms with Gasteiger partial charge in [0.05, 0.1) is 18.0 Å². The Morgan fingerprint density at radius 3 is 2.54 bits per heavy atom. The van der Waals surface area contributed by atoms with E-state index in [1.807, 2.05) is 19.1 Å². The van der Waals surface area contributed by atoms with E-state index in [1.54, 1.807) is 11.6 Å². The number of piperidine rings is 1. The van der Waals surface area contributed by atoms with Crippen LogP contribution in [0, 0.1) is 0 Å². The van der Waals surface area contributed by atoms with Crippen LogP contribution in [0.1, 0.15) is 48.5 Å². The summed E-state index contributed by atoms with van der Waals surface area (Å²) in [4.78, 5) is 8.65. The van der Waals surface area contributed by atoms with Gasteiger partial charge in [-0.15, -0.1) is 5.10 Å². The Morgan fingerprint density at radius 2 is 1.92 bits per heavy atom. The Bertz CT molecular complexity index is 881. The van der Waals surface area contributed by atoms with Crippen molar-refractivity contribution in [1.82, 2.24) is 19.5 Å². The molecule has 2 aromatic heterocycles. The van der Waals surface area contributed by atoms with Crippen LogP contribution < -0.4 is 4.74 Å². The third-order valence-electron chi connectivity index (χ3n) is 5.00. The van der Waals surface area contributed by atoms with Crippen molar-refractivity contribution in [1.29, 1.82) is 0 Å². The third kappa shape index (κ3) is 3.05. The first-order valence-electron chi connectivity index (χ1n) is 9.16. The number of methoxy groups -OCH3 is 1. The van der Waals surface area contributed by atoms with E-state index >= 15 is 0 Å². The van der Waals surface area contributed by atoms with Gasteiger partial charge >= 0.3 is 0 Å². The molecule has 1 fully saturated rings. The molecule has 4 rings (SSSR count). The summed E-state index contributed by atoms with van der Waals surface area (Å²) in [5.41, 5.74) is 1.16. The highest BCUT2D eigenvalue weighted by Gasteiger charge is 2.30. The van der Waals surface area contributed by atoms with Gasteiger partial charge in [0.15, 0.2) is 5.82 Å². The van der Waals surface area contributed by atoms with Crippen molar-refractivity contribution in [2.45, 2.75) is 38.6 Å². The van der Waals surface area contributed by atoms with E-state index in [4.69, 9.17) is 4.74 Å². The lowest BCUT2D eigenvalue weighted by molar-refractivity contribution is 0.186. The van der Waals surface area contributed by atoms with Crippen LogP contribution >= 0.6 is 11.3 Å². The molecule has 3 heterocycles. The summed E-state index contributed by atoms with van der Waals surface area (Å²) in [5.74, 6) is 1.81. The van der Waals surface area contributed by atoms with Gasteiger partial charge in [-0.2, -0.15) is 4.52 Å². The summed E-state index contributed by atoms with van der Waals surface area (Å²) in [6, 6.07) is 8.15. The average molecular weight is 372 g/mol. The second kappa shape index (κ2) is 7.25. The Morgan fingerprint density at radius 1 is 1.19 bits per heavy atom. The SMILES string of the molecule is CCc1nc2sc([C@H](c3ccc(OC)cc3)N3CCCCC3)c(O)n2n1. The maximum Gasteiger partial charge on any atom is 0.230 e. The lowest BCUT2D eigenvalue weighted by atomic mass is 10.0. The van der Waals surface area contributed by atoms with Crippen LogP contribution in [0.15, 0.2) is 24.3 Å². The molecule has 26 heavy (non-hydrogen) atoms. The van der Waals surface area contributed by atoms with Gasteiger partial charge in [-0.05, 0) is 43.6 Å². The second-order valence-corrected chi connectivity index (χ2v) is 7.65. The number of fused-ring (bicyclic) bond motifs is 1. The van der Waals surface area contributed by atoms with Crippen LogP contribution in [0.5, 0.6) is 11.6 Å². The van der Waals surface area contributed by atoms with Gasteiger partial charge in [0.1, 0.15) is 5.75 Å². The summed E-state index contributed by atoms with van der Waals surface area (Å²) in [5, 5.41) is 15.3. The molecule has 1 saturated heterocycles. The number of likely N-dealkylation sites (tertiary alicyclic amines) is 1. The fourth-order valence-electron chi connectivity index (χ4n) is 3.61. The summed E-state index contributed by atoms with van der Waals surface area (Å²) in [6.45, 7) is 4.08. The minimum Gasteiger partial charge on any atom is -0.497 e. The number of aryl methyl sites for hydroxylation is 1. The van der Waals surface area contributed by atoms with Crippen molar-refractivity contribution in [2.75, 3.05) is 20.2 Å². The number of aromatic hydroxyl groups is 1. The molecule has 6 nitrogen and oxygen atoms in total. The standard InChI is InChI=1S/C19H24N4O2S/c1-3-15-20-19-23(21-15)18(24)17(26-19)16(22-11-5-4-6-12-22)13-7-9-14(25-2)10-8-13/h7-10,16,24H,3-6,11-12H2,1-2H3/t16-/m0/s1. The first kappa shape index (κ1) is 17.3. The predicted molar refractivity (Wildman–Crippen MR) is 102 cm³/mol. The van der Waals surface area contributed by atoms with Crippen LogP contribution in [0.25, 0.3) is 4.96 Å². The fraction of sp³-hybridized carbons (Fsp3) is 0.474. The van der Waals surface area contributed by atoms with Crippen molar-refractivity contribution in [3.8, 4) is 11.6 Å². The first-order chi connectivity index (χ1) is 12.7. The molecule has 1 atom stereocenters. The molecule has 0 bridgehead atoms. The van der Waals surface area contributed by atoms with Gasteiger partial charge in [0.25, 0.3) is 0 Å². The molecule has 3 aromatic rings. The second-order valence-electron chi connectivity index (χ2n) is 6.64. The van der Waals surface area contributed by atoms with Crippen molar-refractivity contribution < 1.29 is 9.84 Å². The van der Waals surface area contributed by atoms with E-state index in [9.17, 15) is 5.11 Å². The molecule has 1 aliphatic rings. The van der Waals surface area contributed by atoms with Crippen LogP contribution in [-0.2, 0) is 6.42 Å². The average Bonchev–Trinajstić information content (AvgIpc) is 3.23. The first-order valence-corrected chi connectivity index (χ1v) is 9.98. The number of hydrogen-bond donors (Lipinski definition) is 1. The highest BCUT2D eigenvalue weighted by Crippen LogP contribution is 2.41. The van der Waals surface area contributed by atoms with Crippen LogP contribution in [0.2, 0.25) is 0 Å². The van der Waals surface area contributed by atoms with E-state index in [0.29, 0.717) is 0 Å². The summed E-state index contributed by atoms with van der Waals surface area (Å²) in [6.07, 6.45) is 4.41. The molecular formula is C19H24N4O2S. The van der Waals surface area contributed by atoms with E-state index in [0.717, 1.165) is 46.5 Å². The highest BCUT2D eigenvalue weighted by molar-refractivity contribution is 7.17. The van der Waals surface area contributed by atoms with E-state index < -0.39 is 0 Å². The third-order valence-corrected chi connectivity index (χ3v) is 6.07. The molecule has 0 spiro atoms. The van der Waals surface area contributed by atoms with Gasteiger partial charge < -0.3 is 9.84 Å². The Kier molecular flexibility index (Phi) is 4.82. The van der Waals surface area contributed by atoms with Gasteiger partial charge in [0.2, 0.25) is 10.8 Å². The number of nitrogens with zero attached hydrogens (tertiary/aromatic N) is 4. The summed E-state index contributed by atoms with van der Waals surface area (Å²) >= 11 is 1.53. The number of benzene rings is 1. The van der Waals surface area contributed by atoms with E-state index in [2.05, 4.69) is 27.1 Å². The maximum atomic E-state index is 10.9. The Hall–Kier alpha value is -2.12. The van der Waals surface area contributed by atoms with Gasteiger partial charge in [-0.1, -0.05) is 36.8 Å². The van der Waals surface area contributed by atoms with E-state index in [-0.39, 0.29) is 11.9 Å². The molecule has 0 saturated carbocycles. The number of aromatic nitrogens is 3. The summed E-state index contributed by atoms with van der Waals surface area (Å²) < 4.78 is 6.88. The van der Waals surface area contributed by atoms with Gasteiger partial charge in [-0.25, -0.2) is 4.98 Å². The topological polar surface area (TPSA) is 62.9 Å². The fourth-order valence-corrected chi connectivity index (χ4v) is 4.75. The van der Waals surface area contributed by atoms with E-state index in [1.165, 1.54) is 30.6 Å². The maximum absolute atomic E-state index is 10.9. The largest absolute Gasteiger partial charge is 0.497 e. The number of thiazole rings is 1. The van der Waals surface area contributed by atoms with Gasteiger partial charge in [-0.3, -0.25) is 4.90 Å². The van der Waals surface area contributed by atoms with Crippen molar-refractivity contribution >= 4 is 16.3 Å². The normalized spacial score (nSPS) is 16.8. The molecule has 138 valence electrons. The summed E-state index contributed by atoms with van der Waals surface area (Å²) in [7, 11) is 1.67. The number of rotatable bonds is 5. The zero-order valence-electron chi connectivity index (χ0n) is 15.2. The molecule has 0 unspecified atom stereocenters. The lowest BCUT2D eigenvalue weighted by Gasteiger charge is -2.34. The minimum absolute atomic E-state index is 0.0137. The van der Waals surface area contributed by atoms with Crippen LogP contribution in [0.4, 0.5) is 0 Å². The van der Waals surface area contributed by atoms with Crippen molar-refractivity contribution in [2.24, 2.45) is 0 Å². The Labute approximate surface area is 157 Å². The zero-order chi connectivity index (χ0) is 18.1. The number of hydrogen-bond acceptors (Lipinski definition) is 6. The monoisotopic (exact) mass is 372 g/mol. The quantitative estimate of drug-likeness (QED) is 0.741. The zero-order valence-corrected chi connectivity index (χ0v) is 16.0.